The third kappa shape index (κ3) is 2.13. The van der Waals surface area contributed by atoms with Crippen molar-refractivity contribution in [3.63, 3.8) is 0 Å². The number of nitrogens with zero attached hydrogens (tertiary/aromatic N) is 2. The SMILES string of the molecule is CCOC(=O)C1(c2nc(C3(C)CC3)no2)CCCCC1. The summed E-state index contributed by atoms with van der Waals surface area (Å²) in [5.41, 5.74) is -0.642. The number of carbonyl (C=O) groups excluding carboxylic acids is 1. The van der Waals surface area contributed by atoms with Crippen molar-refractivity contribution in [2.24, 2.45) is 0 Å². The molecule has 0 aromatic carbocycles. The molecule has 0 N–H and O–H groups in total. The highest BCUT2D eigenvalue weighted by molar-refractivity contribution is 5.82. The van der Waals surface area contributed by atoms with Crippen LogP contribution in [0.15, 0.2) is 4.52 Å². The topological polar surface area (TPSA) is 65.2 Å². The first-order chi connectivity index (χ1) is 9.61. The van der Waals surface area contributed by atoms with Crippen LogP contribution in [0.1, 0.15) is 70.5 Å². The molecule has 1 heterocycles. The Bertz CT molecular complexity index is 499. The van der Waals surface area contributed by atoms with E-state index in [4.69, 9.17) is 9.26 Å². The van der Waals surface area contributed by atoms with Crippen molar-refractivity contribution in [1.82, 2.24) is 10.1 Å². The summed E-state index contributed by atoms with van der Waals surface area (Å²) in [7, 11) is 0. The maximum Gasteiger partial charge on any atom is 0.321 e. The van der Waals surface area contributed by atoms with E-state index < -0.39 is 5.41 Å². The Morgan fingerprint density at radius 3 is 2.55 bits per heavy atom. The van der Waals surface area contributed by atoms with Crippen LogP contribution in [0.2, 0.25) is 0 Å². The number of ether oxygens (including phenoxy) is 1. The minimum atomic E-state index is -0.704. The van der Waals surface area contributed by atoms with Gasteiger partial charge in [-0.3, -0.25) is 4.79 Å². The Kier molecular flexibility index (Phi) is 3.30. The molecule has 0 spiro atoms. The minimum Gasteiger partial charge on any atom is -0.465 e. The molecule has 0 aliphatic heterocycles. The summed E-state index contributed by atoms with van der Waals surface area (Å²) in [5.74, 6) is 1.02. The van der Waals surface area contributed by atoms with Crippen molar-refractivity contribution in [3.05, 3.63) is 11.7 Å². The summed E-state index contributed by atoms with van der Waals surface area (Å²) in [6.45, 7) is 4.36. The summed E-state index contributed by atoms with van der Waals surface area (Å²) in [4.78, 5) is 17.0. The van der Waals surface area contributed by atoms with E-state index in [1.54, 1.807) is 0 Å². The molecule has 5 heteroatoms. The summed E-state index contributed by atoms with van der Waals surface area (Å²) in [6.07, 6.45) is 6.87. The second kappa shape index (κ2) is 4.86. The smallest absolute Gasteiger partial charge is 0.321 e. The van der Waals surface area contributed by atoms with Crippen molar-refractivity contribution >= 4 is 5.97 Å². The van der Waals surface area contributed by atoms with Crippen LogP contribution in [0.4, 0.5) is 0 Å². The van der Waals surface area contributed by atoms with Crippen LogP contribution < -0.4 is 0 Å². The lowest BCUT2D eigenvalue weighted by molar-refractivity contribution is -0.152. The van der Waals surface area contributed by atoms with Gasteiger partial charge in [-0.1, -0.05) is 31.3 Å². The molecule has 3 rings (SSSR count). The Hall–Kier alpha value is -1.39. The van der Waals surface area contributed by atoms with E-state index in [-0.39, 0.29) is 11.4 Å². The second-order valence-corrected chi connectivity index (χ2v) is 6.35. The van der Waals surface area contributed by atoms with Crippen molar-refractivity contribution in [1.29, 1.82) is 0 Å². The Labute approximate surface area is 119 Å². The molecule has 2 fully saturated rings. The third-order valence-corrected chi connectivity index (χ3v) is 4.75. The van der Waals surface area contributed by atoms with Crippen LogP contribution in [-0.4, -0.2) is 22.7 Å². The zero-order chi connectivity index (χ0) is 14.2. The fourth-order valence-electron chi connectivity index (χ4n) is 3.00. The van der Waals surface area contributed by atoms with Gasteiger partial charge in [0.2, 0.25) is 5.89 Å². The molecule has 0 saturated heterocycles. The number of rotatable bonds is 4. The summed E-state index contributed by atoms with van der Waals surface area (Å²) in [5, 5.41) is 4.12. The molecule has 2 aliphatic rings. The first-order valence-corrected chi connectivity index (χ1v) is 7.63. The Balaban J connectivity index is 1.92. The van der Waals surface area contributed by atoms with Crippen LogP contribution in [0.25, 0.3) is 0 Å². The Morgan fingerprint density at radius 1 is 1.25 bits per heavy atom. The van der Waals surface area contributed by atoms with E-state index >= 15 is 0 Å². The van der Waals surface area contributed by atoms with Crippen molar-refractivity contribution in [2.75, 3.05) is 6.61 Å². The first kappa shape index (κ1) is 13.6. The van der Waals surface area contributed by atoms with Gasteiger partial charge >= 0.3 is 5.97 Å². The molecule has 0 bridgehead atoms. The minimum absolute atomic E-state index is 0.0618. The van der Waals surface area contributed by atoms with Crippen molar-refractivity contribution in [3.8, 4) is 0 Å². The van der Waals surface area contributed by atoms with Gasteiger partial charge in [-0.25, -0.2) is 0 Å². The molecule has 110 valence electrons. The maximum absolute atomic E-state index is 12.4. The fraction of sp³-hybridized carbons (Fsp3) is 0.800. The van der Waals surface area contributed by atoms with E-state index in [0.29, 0.717) is 12.5 Å². The highest BCUT2D eigenvalue weighted by atomic mass is 16.5. The molecule has 20 heavy (non-hydrogen) atoms. The van der Waals surface area contributed by atoms with E-state index in [1.165, 1.54) is 0 Å². The molecule has 0 unspecified atom stereocenters. The first-order valence-electron chi connectivity index (χ1n) is 7.63. The lowest BCUT2D eigenvalue weighted by Gasteiger charge is -2.31. The van der Waals surface area contributed by atoms with Gasteiger partial charge in [-0.05, 0) is 32.6 Å². The van der Waals surface area contributed by atoms with Crippen LogP contribution in [0, 0.1) is 0 Å². The molecule has 0 radical (unpaired) electrons. The van der Waals surface area contributed by atoms with Gasteiger partial charge < -0.3 is 9.26 Å². The quantitative estimate of drug-likeness (QED) is 0.792. The number of esters is 1. The van der Waals surface area contributed by atoms with Gasteiger partial charge in [0.15, 0.2) is 5.82 Å². The maximum atomic E-state index is 12.4. The summed E-state index contributed by atoms with van der Waals surface area (Å²) >= 11 is 0. The molecule has 2 aliphatic carbocycles. The van der Waals surface area contributed by atoms with E-state index in [1.807, 2.05) is 6.92 Å². The van der Waals surface area contributed by atoms with Crippen LogP contribution >= 0.6 is 0 Å². The average Bonchev–Trinajstić information content (AvgIpc) is 3.03. The van der Waals surface area contributed by atoms with Crippen molar-refractivity contribution < 1.29 is 14.1 Å². The second-order valence-electron chi connectivity index (χ2n) is 6.35. The summed E-state index contributed by atoms with van der Waals surface area (Å²) in [6, 6.07) is 0. The highest BCUT2D eigenvalue weighted by Gasteiger charge is 2.50. The number of hydrogen-bond donors (Lipinski definition) is 0. The lowest BCUT2D eigenvalue weighted by Crippen LogP contribution is -2.40. The van der Waals surface area contributed by atoms with E-state index in [2.05, 4.69) is 17.1 Å². The molecule has 1 aromatic heterocycles. The van der Waals surface area contributed by atoms with E-state index in [9.17, 15) is 4.79 Å². The molecular formula is C15H22N2O3. The average molecular weight is 278 g/mol. The predicted molar refractivity (Wildman–Crippen MR) is 72.3 cm³/mol. The summed E-state index contributed by atoms with van der Waals surface area (Å²) < 4.78 is 10.8. The molecule has 0 atom stereocenters. The predicted octanol–water partition coefficient (Wildman–Crippen LogP) is 2.89. The van der Waals surface area contributed by atoms with Gasteiger partial charge in [0.1, 0.15) is 5.41 Å². The molecule has 5 nitrogen and oxygen atoms in total. The third-order valence-electron chi connectivity index (χ3n) is 4.75. The van der Waals surface area contributed by atoms with Gasteiger partial charge in [0, 0.05) is 5.41 Å². The van der Waals surface area contributed by atoms with Crippen LogP contribution in [-0.2, 0) is 20.4 Å². The van der Waals surface area contributed by atoms with Gasteiger partial charge in [-0.15, -0.1) is 0 Å². The van der Waals surface area contributed by atoms with Gasteiger partial charge in [-0.2, -0.15) is 4.98 Å². The molecule has 2 saturated carbocycles. The molecule has 1 aromatic rings. The normalized spacial score (nSPS) is 23.3. The fourth-order valence-corrected chi connectivity index (χ4v) is 3.00. The zero-order valence-electron chi connectivity index (χ0n) is 12.3. The Morgan fingerprint density at radius 2 is 1.95 bits per heavy atom. The number of aromatic nitrogens is 2. The zero-order valence-corrected chi connectivity index (χ0v) is 12.3. The van der Waals surface area contributed by atoms with Gasteiger partial charge in [0.05, 0.1) is 6.61 Å². The van der Waals surface area contributed by atoms with Gasteiger partial charge in [0.25, 0.3) is 0 Å². The highest BCUT2D eigenvalue weighted by Crippen LogP contribution is 2.47. The lowest BCUT2D eigenvalue weighted by atomic mass is 9.74. The standard InChI is InChI=1S/C15H22N2O3/c1-3-19-13(18)15(7-5-4-6-8-15)12-16-11(17-20-12)14(2)9-10-14/h3-10H2,1-2H3. The molecular weight excluding hydrogens is 256 g/mol. The van der Waals surface area contributed by atoms with Crippen LogP contribution in [0.3, 0.4) is 0 Å². The monoisotopic (exact) mass is 278 g/mol. The van der Waals surface area contributed by atoms with Crippen LogP contribution in [0.5, 0.6) is 0 Å². The molecule has 0 amide bonds. The number of carbonyl (C=O) groups is 1. The number of hydrogen-bond acceptors (Lipinski definition) is 5. The van der Waals surface area contributed by atoms with Crippen molar-refractivity contribution in [2.45, 2.75) is 69.6 Å². The largest absolute Gasteiger partial charge is 0.465 e. The van der Waals surface area contributed by atoms with E-state index in [0.717, 1.165) is 50.8 Å².